The van der Waals surface area contributed by atoms with Crippen molar-refractivity contribution in [2.75, 3.05) is 5.73 Å². The number of rotatable bonds is 3. The van der Waals surface area contributed by atoms with Crippen molar-refractivity contribution in [1.29, 1.82) is 0 Å². The lowest BCUT2D eigenvalue weighted by Crippen LogP contribution is -2.01. The normalized spacial score (nSPS) is 10.5. The molecule has 0 aromatic heterocycles. The van der Waals surface area contributed by atoms with Gasteiger partial charge < -0.3 is 10.5 Å². The standard InChI is InChI=1S/C13H9BrCl2FNO/c14-9-4-10(16)11(17)5-13(9)19-6-7-3-8(15)1-2-12(7)18/h1-5H,6,18H2. The zero-order valence-corrected chi connectivity index (χ0v) is 12.7. The Morgan fingerprint density at radius 2 is 1.95 bits per heavy atom. The lowest BCUT2D eigenvalue weighted by atomic mass is 10.2. The zero-order chi connectivity index (χ0) is 14.0. The summed E-state index contributed by atoms with van der Waals surface area (Å²) in [5.74, 6) is -0.194. The van der Waals surface area contributed by atoms with Gasteiger partial charge in [0.05, 0.1) is 9.50 Å². The lowest BCUT2D eigenvalue weighted by molar-refractivity contribution is 0.303. The van der Waals surface area contributed by atoms with Crippen LogP contribution >= 0.6 is 39.1 Å². The Balaban J connectivity index is 2.19. The molecule has 2 nitrogen and oxygen atoms in total. The molecular weight excluding hydrogens is 356 g/mol. The molecule has 6 heteroatoms. The maximum absolute atomic E-state index is 13.3. The summed E-state index contributed by atoms with van der Waals surface area (Å²) in [6, 6.07) is 7.74. The van der Waals surface area contributed by atoms with Crippen LogP contribution in [0.3, 0.4) is 0 Å². The topological polar surface area (TPSA) is 35.2 Å². The summed E-state index contributed by atoms with van der Waals surface area (Å²) in [5.41, 5.74) is 7.10. The van der Waals surface area contributed by atoms with Crippen LogP contribution in [0.15, 0.2) is 34.8 Å². The maximum atomic E-state index is 13.3. The Hall–Kier alpha value is -0.970. The van der Waals surface area contributed by atoms with E-state index in [0.717, 1.165) is 5.56 Å². The summed E-state index contributed by atoms with van der Waals surface area (Å²) in [5, 5.41) is 0.593. The van der Waals surface area contributed by atoms with Crippen LogP contribution in [0.2, 0.25) is 10.0 Å². The molecule has 0 atom stereocenters. The third-order valence-corrected chi connectivity index (χ3v) is 3.61. The molecule has 0 aliphatic carbocycles. The number of ether oxygens (including phenoxy) is 1. The number of anilines is 1. The van der Waals surface area contributed by atoms with E-state index in [-0.39, 0.29) is 11.6 Å². The van der Waals surface area contributed by atoms with E-state index >= 15 is 0 Å². The predicted octanol–water partition coefficient (Wildman–Crippen LogP) is 5.06. The van der Waals surface area contributed by atoms with E-state index in [2.05, 4.69) is 15.9 Å². The molecule has 0 aliphatic heterocycles. The highest BCUT2D eigenvalue weighted by Crippen LogP contribution is 2.31. The van der Waals surface area contributed by atoms with Crippen LogP contribution in [0.4, 0.5) is 10.1 Å². The molecule has 0 saturated carbocycles. The fraction of sp³-hybridized carbons (Fsp3) is 0.0769. The second-order valence-electron chi connectivity index (χ2n) is 3.83. The lowest BCUT2D eigenvalue weighted by Gasteiger charge is -2.11. The third-order valence-electron chi connectivity index (χ3n) is 2.46. The molecule has 2 aromatic carbocycles. The number of nitrogen functional groups attached to an aromatic ring is 1. The van der Waals surface area contributed by atoms with Gasteiger partial charge in [-0.1, -0.05) is 23.2 Å². The first-order valence-corrected chi connectivity index (χ1v) is 6.83. The molecule has 0 aliphatic rings. The van der Waals surface area contributed by atoms with Gasteiger partial charge in [0, 0.05) is 22.3 Å². The fourth-order valence-electron chi connectivity index (χ4n) is 1.47. The summed E-state index contributed by atoms with van der Waals surface area (Å²) in [7, 11) is 0. The highest BCUT2D eigenvalue weighted by atomic mass is 79.9. The van der Waals surface area contributed by atoms with Gasteiger partial charge in [-0.25, -0.2) is 4.39 Å². The van der Waals surface area contributed by atoms with Crippen molar-refractivity contribution >= 4 is 44.8 Å². The highest BCUT2D eigenvalue weighted by molar-refractivity contribution is 9.10. The van der Waals surface area contributed by atoms with Crippen LogP contribution in [0.5, 0.6) is 5.75 Å². The Bertz CT molecular complexity index is 622. The summed E-state index contributed by atoms with van der Waals surface area (Å²) in [4.78, 5) is 0. The van der Waals surface area contributed by atoms with E-state index in [1.165, 1.54) is 12.1 Å². The number of hydrogen-bond acceptors (Lipinski definition) is 2. The van der Waals surface area contributed by atoms with Crippen LogP contribution in [-0.4, -0.2) is 0 Å². The Labute approximate surface area is 128 Å². The largest absolute Gasteiger partial charge is 0.488 e. The highest BCUT2D eigenvalue weighted by Gasteiger charge is 2.09. The molecule has 2 rings (SSSR count). The van der Waals surface area contributed by atoms with E-state index in [1.807, 2.05) is 0 Å². The van der Waals surface area contributed by atoms with Crippen molar-refractivity contribution in [3.63, 3.8) is 0 Å². The quantitative estimate of drug-likeness (QED) is 0.610. The van der Waals surface area contributed by atoms with Crippen molar-refractivity contribution in [3.05, 3.63) is 56.2 Å². The fourth-order valence-corrected chi connectivity index (χ4v) is 2.42. The van der Waals surface area contributed by atoms with Crippen molar-refractivity contribution in [2.45, 2.75) is 6.61 Å². The first-order chi connectivity index (χ1) is 8.97. The first-order valence-electron chi connectivity index (χ1n) is 5.28. The second kappa shape index (κ2) is 5.99. The molecule has 2 N–H and O–H groups in total. The van der Waals surface area contributed by atoms with E-state index < -0.39 is 5.82 Å². The van der Waals surface area contributed by atoms with Crippen molar-refractivity contribution in [1.82, 2.24) is 0 Å². The Kier molecular flexibility index (Phi) is 4.55. The van der Waals surface area contributed by atoms with Crippen LogP contribution in [0.1, 0.15) is 5.56 Å². The van der Waals surface area contributed by atoms with Gasteiger partial charge in [0.15, 0.2) is 0 Å². The van der Waals surface area contributed by atoms with Gasteiger partial charge in [-0.15, -0.1) is 0 Å². The van der Waals surface area contributed by atoms with Crippen LogP contribution in [0.25, 0.3) is 0 Å². The third kappa shape index (κ3) is 3.53. The van der Waals surface area contributed by atoms with Gasteiger partial charge in [0.25, 0.3) is 0 Å². The molecule has 0 radical (unpaired) electrons. The monoisotopic (exact) mass is 363 g/mol. The second-order valence-corrected chi connectivity index (χ2v) is 5.53. The van der Waals surface area contributed by atoms with E-state index in [4.69, 9.17) is 33.7 Å². The molecule has 0 saturated heterocycles. The molecule has 19 heavy (non-hydrogen) atoms. The number of nitrogens with two attached hydrogens (primary N) is 1. The molecule has 0 unspecified atom stereocenters. The summed E-state index contributed by atoms with van der Waals surface area (Å²) < 4.78 is 19.4. The number of halogens is 4. The van der Waals surface area contributed by atoms with Gasteiger partial charge >= 0.3 is 0 Å². The molecule has 0 heterocycles. The Morgan fingerprint density at radius 3 is 2.68 bits per heavy atom. The maximum Gasteiger partial charge on any atom is 0.145 e. The summed E-state index contributed by atoms with van der Waals surface area (Å²) >= 11 is 14.8. The molecule has 0 fully saturated rings. The summed E-state index contributed by atoms with van der Waals surface area (Å²) in [6.07, 6.45) is 0. The molecule has 100 valence electrons. The molecule has 0 amide bonds. The smallest absolute Gasteiger partial charge is 0.145 e. The minimum absolute atomic E-state index is 0.0292. The van der Waals surface area contributed by atoms with Crippen molar-refractivity contribution in [2.24, 2.45) is 0 Å². The van der Waals surface area contributed by atoms with Crippen LogP contribution in [0, 0.1) is 5.82 Å². The van der Waals surface area contributed by atoms with Gasteiger partial charge in [0.2, 0.25) is 0 Å². The van der Waals surface area contributed by atoms with E-state index in [1.54, 1.807) is 18.2 Å². The minimum atomic E-state index is -0.543. The van der Waals surface area contributed by atoms with Crippen molar-refractivity contribution < 1.29 is 9.13 Å². The molecular formula is C13H9BrCl2FNO. The van der Waals surface area contributed by atoms with E-state index in [9.17, 15) is 4.39 Å². The number of benzene rings is 2. The first kappa shape index (κ1) is 14.4. The Morgan fingerprint density at radius 1 is 1.21 bits per heavy atom. The van der Waals surface area contributed by atoms with E-state index in [0.29, 0.717) is 20.9 Å². The summed E-state index contributed by atoms with van der Waals surface area (Å²) in [6.45, 7) is 0.187. The SMILES string of the molecule is Nc1ccc(Cl)cc1COc1cc(F)c(Cl)cc1Br. The van der Waals surface area contributed by atoms with Gasteiger partial charge in [0.1, 0.15) is 18.2 Å². The molecule has 2 aromatic rings. The van der Waals surface area contributed by atoms with Gasteiger partial charge in [-0.3, -0.25) is 0 Å². The average molecular weight is 365 g/mol. The van der Waals surface area contributed by atoms with Crippen LogP contribution in [-0.2, 0) is 6.61 Å². The molecule has 0 bridgehead atoms. The van der Waals surface area contributed by atoms with Crippen molar-refractivity contribution in [3.8, 4) is 5.75 Å². The predicted molar refractivity (Wildman–Crippen MR) is 79.3 cm³/mol. The minimum Gasteiger partial charge on any atom is -0.488 e. The number of hydrogen-bond donors (Lipinski definition) is 1. The van der Waals surface area contributed by atoms with Gasteiger partial charge in [-0.2, -0.15) is 0 Å². The van der Waals surface area contributed by atoms with Gasteiger partial charge in [-0.05, 0) is 40.2 Å². The zero-order valence-electron chi connectivity index (χ0n) is 9.59. The average Bonchev–Trinajstić information content (AvgIpc) is 2.36. The molecule has 0 spiro atoms. The van der Waals surface area contributed by atoms with Crippen LogP contribution < -0.4 is 10.5 Å².